The van der Waals surface area contributed by atoms with Crippen LogP contribution in [0.25, 0.3) is 0 Å². The third-order valence-corrected chi connectivity index (χ3v) is 4.26. The zero-order valence-corrected chi connectivity index (χ0v) is 9.57. The van der Waals surface area contributed by atoms with Crippen molar-refractivity contribution >= 4 is 10.0 Å². The normalized spacial score (nSPS) is 20.4. The lowest BCUT2D eigenvalue weighted by Gasteiger charge is -2.32. The summed E-state index contributed by atoms with van der Waals surface area (Å²) in [4.78, 5) is 0. The third kappa shape index (κ3) is 2.30. The quantitative estimate of drug-likeness (QED) is 0.732. The second-order valence-electron chi connectivity index (χ2n) is 3.46. The number of sulfonamides is 1. The van der Waals surface area contributed by atoms with Gasteiger partial charge < -0.3 is 4.74 Å². The molecule has 0 aromatic rings. The highest BCUT2D eigenvalue weighted by molar-refractivity contribution is 7.90. The zero-order chi connectivity index (χ0) is 14.2. The van der Waals surface area contributed by atoms with Crippen LogP contribution in [0.3, 0.4) is 0 Å². The van der Waals surface area contributed by atoms with E-state index < -0.39 is 40.7 Å². The van der Waals surface area contributed by atoms with Crippen molar-refractivity contribution in [3.8, 4) is 0 Å². The Morgan fingerprint density at radius 1 is 1.06 bits per heavy atom. The molecule has 1 heterocycles. The van der Waals surface area contributed by atoms with E-state index in [0.29, 0.717) is 0 Å². The van der Waals surface area contributed by atoms with E-state index in [2.05, 4.69) is 4.74 Å². The average Bonchev–Trinajstić information content (AvgIpc) is 2.29. The fourth-order valence-electron chi connectivity index (χ4n) is 1.25. The first-order valence-corrected chi connectivity index (χ1v) is 6.10. The monoisotopic (exact) mass is 301 g/mol. The summed E-state index contributed by atoms with van der Waals surface area (Å²) in [6.45, 7) is -1.71. The van der Waals surface area contributed by atoms with Gasteiger partial charge >= 0.3 is 17.6 Å². The van der Waals surface area contributed by atoms with E-state index in [1.807, 2.05) is 0 Å². The lowest BCUT2D eigenvalue weighted by Crippen LogP contribution is -2.58. The Hall–Kier alpha value is -0.550. The molecule has 108 valence electrons. The predicted molar refractivity (Wildman–Crippen MR) is 47.2 cm³/mol. The Morgan fingerprint density at radius 2 is 1.50 bits per heavy atom. The molecule has 0 bridgehead atoms. The number of rotatable bonds is 4. The van der Waals surface area contributed by atoms with E-state index in [9.17, 15) is 34.8 Å². The molecule has 0 aromatic carbocycles. The van der Waals surface area contributed by atoms with E-state index >= 15 is 0 Å². The zero-order valence-electron chi connectivity index (χ0n) is 8.75. The minimum absolute atomic E-state index is 0.0206. The molecule has 0 atom stereocenters. The minimum Gasteiger partial charge on any atom is -0.379 e. The molecule has 0 N–H and O–H groups in total. The first kappa shape index (κ1) is 15.5. The number of morpholine rings is 1. The van der Waals surface area contributed by atoms with Gasteiger partial charge in [0.25, 0.3) is 10.0 Å². The topological polar surface area (TPSA) is 46.6 Å². The van der Waals surface area contributed by atoms with Crippen LogP contribution in [0.5, 0.6) is 0 Å². The van der Waals surface area contributed by atoms with E-state index in [0.717, 1.165) is 0 Å². The van der Waals surface area contributed by atoms with Gasteiger partial charge in [-0.25, -0.2) is 17.2 Å². The Morgan fingerprint density at radius 3 is 1.89 bits per heavy atom. The summed E-state index contributed by atoms with van der Waals surface area (Å²) in [6.07, 6.45) is -4.79. The molecule has 0 radical (unpaired) electrons. The number of nitrogens with zero attached hydrogens (tertiary/aromatic N) is 1. The second kappa shape index (κ2) is 4.85. The van der Waals surface area contributed by atoms with Gasteiger partial charge in [-0.15, -0.1) is 0 Å². The molecule has 1 saturated heterocycles. The van der Waals surface area contributed by atoms with Crippen LogP contribution in [-0.4, -0.2) is 56.6 Å². The van der Waals surface area contributed by atoms with Crippen LogP contribution in [0.2, 0.25) is 0 Å². The van der Waals surface area contributed by atoms with Crippen molar-refractivity contribution in [2.45, 2.75) is 17.6 Å². The number of alkyl halides is 6. The van der Waals surface area contributed by atoms with Crippen molar-refractivity contribution in [3.05, 3.63) is 0 Å². The van der Waals surface area contributed by atoms with Crippen LogP contribution in [0.15, 0.2) is 0 Å². The smallest absolute Gasteiger partial charge is 0.379 e. The van der Waals surface area contributed by atoms with Crippen molar-refractivity contribution in [2.75, 3.05) is 26.3 Å². The molecule has 1 aliphatic heterocycles. The van der Waals surface area contributed by atoms with E-state index in [-0.39, 0.29) is 17.5 Å². The van der Waals surface area contributed by atoms with Crippen LogP contribution in [-0.2, 0) is 14.8 Å². The molecule has 1 rings (SSSR count). The summed E-state index contributed by atoms with van der Waals surface area (Å²) in [5.74, 6) is -5.95. The molecule has 0 aliphatic carbocycles. The van der Waals surface area contributed by atoms with Gasteiger partial charge in [0.05, 0.1) is 13.2 Å². The van der Waals surface area contributed by atoms with E-state index in [1.54, 1.807) is 0 Å². The average molecular weight is 301 g/mol. The number of halogens is 6. The standard InChI is InChI=1S/C7H9F6NO3S/c8-5(9)6(10,11)7(12,13)18(15,16)14-1-3-17-4-2-14/h5H,1-4H2. The molecule has 0 saturated carbocycles. The molecular weight excluding hydrogens is 292 g/mol. The van der Waals surface area contributed by atoms with E-state index in [1.165, 1.54) is 0 Å². The number of hydrogen-bond acceptors (Lipinski definition) is 3. The maximum atomic E-state index is 13.1. The van der Waals surface area contributed by atoms with Gasteiger partial charge in [-0.3, -0.25) is 0 Å². The first-order valence-electron chi connectivity index (χ1n) is 4.66. The van der Waals surface area contributed by atoms with Gasteiger partial charge in [-0.1, -0.05) is 0 Å². The summed E-state index contributed by atoms with van der Waals surface area (Å²) in [5, 5.41) is -5.87. The fourth-order valence-corrected chi connectivity index (χ4v) is 2.64. The molecule has 1 fully saturated rings. The SMILES string of the molecule is O=S(=O)(N1CCOCC1)C(F)(F)C(F)(F)C(F)F. The molecule has 1 aliphatic rings. The molecular formula is C7H9F6NO3S. The number of hydrogen-bond donors (Lipinski definition) is 0. The van der Waals surface area contributed by atoms with Crippen molar-refractivity contribution in [1.29, 1.82) is 0 Å². The van der Waals surface area contributed by atoms with Crippen molar-refractivity contribution in [3.63, 3.8) is 0 Å². The summed E-state index contributed by atoms with van der Waals surface area (Å²) in [7, 11) is -5.87. The highest BCUT2D eigenvalue weighted by atomic mass is 32.2. The van der Waals surface area contributed by atoms with Crippen molar-refractivity contribution in [2.24, 2.45) is 0 Å². The lowest BCUT2D eigenvalue weighted by molar-refractivity contribution is -0.226. The Kier molecular flexibility index (Phi) is 4.18. The Balaban J connectivity index is 3.09. The van der Waals surface area contributed by atoms with Gasteiger partial charge in [-0.2, -0.15) is 21.9 Å². The highest BCUT2D eigenvalue weighted by Gasteiger charge is 2.72. The predicted octanol–water partition coefficient (Wildman–Crippen LogP) is 1.14. The summed E-state index contributed by atoms with van der Waals surface area (Å²) < 4.78 is 102. The molecule has 18 heavy (non-hydrogen) atoms. The van der Waals surface area contributed by atoms with Gasteiger partial charge in [0.2, 0.25) is 0 Å². The van der Waals surface area contributed by atoms with Gasteiger partial charge in [-0.05, 0) is 0 Å². The van der Waals surface area contributed by atoms with Crippen molar-refractivity contribution in [1.82, 2.24) is 4.31 Å². The van der Waals surface area contributed by atoms with Gasteiger partial charge in [0.15, 0.2) is 0 Å². The molecule has 4 nitrogen and oxygen atoms in total. The van der Waals surface area contributed by atoms with Crippen LogP contribution >= 0.6 is 0 Å². The van der Waals surface area contributed by atoms with Crippen LogP contribution < -0.4 is 0 Å². The summed E-state index contributed by atoms with van der Waals surface area (Å²) in [6, 6.07) is 0. The molecule has 0 amide bonds. The fraction of sp³-hybridized carbons (Fsp3) is 1.00. The van der Waals surface area contributed by atoms with Crippen LogP contribution in [0.4, 0.5) is 26.3 Å². The Labute approximate surface area is 98.6 Å². The molecule has 0 aromatic heterocycles. The van der Waals surface area contributed by atoms with Gasteiger partial charge in [0.1, 0.15) is 0 Å². The maximum absolute atomic E-state index is 13.1. The second-order valence-corrected chi connectivity index (χ2v) is 5.44. The summed E-state index contributed by atoms with van der Waals surface area (Å²) >= 11 is 0. The van der Waals surface area contributed by atoms with Gasteiger partial charge in [0, 0.05) is 13.1 Å². The van der Waals surface area contributed by atoms with Crippen LogP contribution in [0.1, 0.15) is 0 Å². The Bertz CT molecular complexity index is 392. The highest BCUT2D eigenvalue weighted by Crippen LogP contribution is 2.44. The van der Waals surface area contributed by atoms with E-state index in [4.69, 9.17) is 0 Å². The molecule has 0 spiro atoms. The largest absolute Gasteiger partial charge is 0.426 e. The summed E-state index contributed by atoms with van der Waals surface area (Å²) in [5.41, 5.74) is 0. The maximum Gasteiger partial charge on any atom is 0.426 e. The molecule has 0 unspecified atom stereocenters. The van der Waals surface area contributed by atoms with Crippen molar-refractivity contribution < 1.29 is 39.5 Å². The molecule has 11 heteroatoms. The minimum atomic E-state index is -5.95. The lowest BCUT2D eigenvalue weighted by atomic mass is 10.4. The number of ether oxygens (including phenoxy) is 1. The third-order valence-electron chi connectivity index (χ3n) is 2.30. The first-order chi connectivity index (χ1) is 8.05. The van der Waals surface area contributed by atoms with Crippen LogP contribution in [0, 0.1) is 0 Å².